The van der Waals surface area contributed by atoms with Crippen LogP contribution >= 0.6 is 0 Å². The third kappa shape index (κ3) is 4.36. The fraction of sp³-hybridized carbons (Fsp3) is 0.292. The molecule has 4 N–H and O–H groups in total. The van der Waals surface area contributed by atoms with Crippen molar-refractivity contribution in [2.24, 2.45) is 0 Å². The number of likely N-dealkylation sites (N-methyl/N-ethyl adjacent to an activating group) is 1. The summed E-state index contributed by atoms with van der Waals surface area (Å²) in [5.74, 6) is 0.819. The Bertz CT molecular complexity index is 1240. The van der Waals surface area contributed by atoms with Crippen molar-refractivity contribution in [3.05, 3.63) is 75.9 Å². The number of nitrogens with zero attached hydrogens (tertiary/aromatic N) is 2. The third-order valence-corrected chi connectivity index (χ3v) is 5.60. The zero-order valence-corrected chi connectivity index (χ0v) is 18.6. The smallest absolute Gasteiger partial charge is 0.273 e. The fourth-order valence-corrected chi connectivity index (χ4v) is 4.05. The van der Waals surface area contributed by atoms with E-state index in [9.17, 15) is 4.79 Å². The van der Waals surface area contributed by atoms with Crippen LogP contribution in [0.15, 0.2) is 47.7 Å². The third-order valence-electron chi connectivity index (χ3n) is 5.60. The van der Waals surface area contributed by atoms with Gasteiger partial charge < -0.3 is 20.1 Å². The lowest BCUT2D eigenvalue weighted by molar-refractivity contribution is 0.415. The lowest BCUT2D eigenvalue weighted by atomic mass is 9.96. The van der Waals surface area contributed by atoms with Gasteiger partial charge in [0, 0.05) is 42.0 Å². The van der Waals surface area contributed by atoms with Gasteiger partial charge in [-0.25, -0.2) is 0 Å². The summed E-state index contributed by atoms with van der Waals surface area (Å²) in [6.45, 7) is 6.04. The zero-order chi connectivity index (χ0) is 22.5. The normalized spacial score (nSPS) is 11.1. The average Bonchev–Trinajstić information content (AvgIpc) is 3.37. The van der Waals surface area contributed by atoms with Crippen molar-refractivity contribution in [2.45, 2.75) is 26.7 Å². The van der Waals surface area contributed by atoms with Gasteiger partial charge in [0.1, 0.15) is 5.75 Å². The van der Waals surface area contributed by atoms with E-state index in [0.29, 0.717) is 17.7 Å². The van der Waals surface area contributed by atoms with Gasteiger partial charge in [-0.15, -0.1) is 0 Å². The minimum atomic E-state index is -0.212. The molecule has 8 nitrogen and oxygen atoms in total. The number of hydrogen-bond acceptors (Lipinski definition) is 5. The molecule has 166 valence electrons. The molecular formula is C24H28N6O2. The number of hydrogen-bond donors (Lipinski definition) is 4. The Morgan fingerprint density at radius 3 is 2.59 bits per heavy atom. The Hall–Kier alpha value is -3.65. The summed E-state index contributed by atoms with van der Waals surface area (Å²) in [6, 6.07) is 8.11. The monoisotopic (exact) mass is 432 g/mol. The predicted octanol–water partition coefficient (Wildman–Crippen LogP) is 3.21. The number of methoxy groups -OCH3 is 1. The van der Waals surface area contributed by atoms with Crippen LogP contribution in [-0.2, 0) is 12.8 Å². The van der Waals surface area contributed by atoms with Crippen LogP contribution in [0.1, 0.15) is 29.6 Å². The summed E-state index contributed by atoms with van der Waals surface area (Å²) >= 11 is 0. The standard InChI is InChI=1S/C24H28N6O2/c1-4-25-10-9-18-15(2)29-20(22(18)16-5-7-17(32-3)8-6-16)13-21-23(27-12-11-26-21)19-14-28-30-24(19)31/h5-8,11-12,14,25,29H,4,9-10,13H2,1-3H3,(H2,28,30,31). The first kappa shape index (κ1) is 21.6. The highest BCUT2D eigenvalue weighted by molar-refractivity contribution is 5.73. The SMILES string of the molecule is CCNCCc1c(C)[nH]c(Cc2nccnc2-c2c[nH][nH]c2=O)c1-c1ccc(OC)cc1. The van der Waals surface area contributed by atoms with Gasteiger partial charge in [0.05, 0.1) is 24.1 Å². The van der Waals surface area contributed by atoms with Crippen LogP contribution in [0.3, 0.4) is 0 Å². The number of aromatic nitrogens is 5. The van der Waals surface area contributed by atoms with E-state index in [4.69, 9.17) is 4.74 Å². The molecule has 0 atom stereocenters. The van der Waals surface area contributed by atoms with Crippen LogP contribution in [0.25, 0.3) is 22.4 Å². The maximum atomic E-state index is 12.2. The van der Waals surface area contributed by atoms with Crippen molar-refractivity contribution >= 4 is 0 Å². The van der Waals surface area contributed by atoms with E-state index in [0.717, 1.165) is 47.9 Å². The quantitative estimate of drug-likeness (QED) is 0.304. The van der Waals surface area contributed by atoms with Crippen LogP contribution in [0.4, 0.5) is 0 Å². The molecule has 0 aliphatic carbocycles. The summed E-state index contributed by atoms with van der Waals surface area (Å²) in [5.41, 5.74) is 7.33. The predicted molar refractivity (Wildman–Crippen MR) is 125 cm³/mol. The van der Waals surface area contributed by atoms with Crippen LogP contribution in [0.2, 0.25) is 0 Å². The number of rotatable bonds is 9. The first-order valence-corrected chi connectivity index (χ1v) is 10.7. The molecule has 4 rings (SSSR count). The number of aromatic amines is 3. The van der Waals surface area contributed by atoms with Gasteiger partial charge in [-0.2, -0.15) is 0 Å². The highest BCUT2D eigenvalue weighted by Crippen LogP contribution is 2.34. The summed E-state index contributed by atoms with van der Waals surface area (Å²) < 4.78 is 5.34. The highest BCUT2D eigenvalue weighted by Gasteiger charge is 2.20. The van der Waals surface area contributed by atoms with Crippen LogP contribution < -0.4 is 15.6 Å². The molecular weight excluding hydrogens is 404 g/mol. The highest BCUT2D eigenvalue weighted by atomic mass is 16.5. The van der Waals surface area contributed by atoms with E-state index in [1.807, 2.05) is 12.1 Å². The second kappa shape index (κ2) is 9.65. The Balaban J connectivity index is 1.79. The Labute approximate surface area is 186 Å². The number of H-pyrrole nitrogens is 3. The molecule has 0 aliphatic rings. The molecule has 0 aliphatic heterocycles. The second-order valence-electron chi connectivity index (χ2n) is 7.60. The first-order chi connectivity index (χ1) is 15.6. The van der Waals surface area contributed by atoms with Crippen molar-refractivity contribution in [2.75, 3.05) is 20.2 Å². The Morgan fingerprint density at radius 2 is 1.91 bits per heavy atom. The molecule has 0 radical (unpaired) electrons. The molecule has 3 aromatic heterocycles. The maximum absolute atomic E-state index is 12.2. The lowest BCUT2D eigenvalue weighted by Gasteiger charge is -2.11. The molecule has 0 saturated carbocycles. The van der Waals surface area contributed by atoms with E-state index in [1.54, 1.807) is 25.7 Å². The number of ether oxygens (including phenoxy) is 1. The van der Waals surface area contributed by atoms with E-state index >= 15 is 0 Å². The molecule has 0 saturated heterocycles. The largest absolute Gasteiger partial charge is 0.497 e. The average molecular weight is 433 g/mol. The maximum Gasteiger partial charge on any atom is 0.273 e. The van der Waals surface area contributed by atoms with Gasteiger partial charge in [-0.1, -0.05) is 19.1 Å². The lowest BCUT2D eigenvalue weighted by Crippen LogP contribution is -2.16. The first-order valence-electron chi connectivity index (χ1n) is 10.7. The number of benzene rings is 1. The van der Waals surface area contributed by atoms with Gasteiger partial charge in [-0.3, -0.25) is 19.9 Å². The fourth-order valence-electron chi connectivity index (χ4n) is 4.05. The molecule has 32 heavy (non-hydrogen) atoms. The van der Waals surface area contributed by atoms with Gasteiger partial charge in [-0.05, 0) is 49.7 Å². The van der Waals surface area contributed by atoms with Crippen molar-refractivity contribution < 1.29 is 4.74 Å². The van der Waals surface area contributed by atoms with Gasteiger partial charge in [0.15, 0.2) is 0 Å². The van der Waals surface area contributed by atoms with Crippen LogP contribution in [0, 0.1) is 6.92 Å². The Morgan fingerprint density at radius 1 is 1.12 bits per heavy atom. The zero-order valence-electron chi connectivity index (χ0n) is 18.6. The minimum Gasteiger partial charge on any atom is -0.497 e. The number of aryl methyl sites for hydroxylation is 1. The van der Waals surface area contributed by atoms with Gasteiger partial charge in [0.25, 0.3) is 5.56 Å². The van der Waals surface area contributed by atoms with E-state index < -0.39 is 0 Å². The van der Waals surface area contributed by atoms with Crippen molar-refractivity contribution in [3.8, 4) is 28.1 Å². The molecule has 3 heterocycles. The van der Waals surface area contributed by atoms with E-state index in [-0.39, 0.29) is 5.56 Å². The van der Waals surface area contributed by atoms with E-state index in [1.165, 1.54) is 11.1 Å². The van der Waals surface area contributed by atoms with Crippen molar-refractivity contribution in [1.29, 1.82) is 0 Å². The molecule has 0 fully saturated rings. The van der Waals surface area contributed by atoms with E-state index in [2.05, 4.69) is 56.4 Å². The molecule has 0 bridgehead atoms. The van der Waals surface area contributed by atoms with Crippen molar-refractivity contribution in [3.63, 3.8) is 0 Å². The van der Waals surface area contributed by atoms with Crippen molar-refractivity contribution in [1.82, 2.24) is 30.5 Å². The summed E-state index contributed by atoms with van der Waals surface area (Å²) in [6.07, 6.45) is 6.33. The molecule has 0 amide bonds. The summed E-state index contributed by atoms with van der Waals surface area (Å²) in [7, 11) is 1.67. The van der Waals surface area contributed by atoms with Crippen LogP contribution in [0.5, 0.6) is 5.75 Å². The molecule has 0 unspecified atom stereocenters. The van der Waals surface area contributed by atoms with Gasteiger partial charge in [0.2, 0.25) is 0 Å². The summed E-state index contributed by atoms with van der Waals surface area (Å²) in [5, 5.41) is 8.73. The molecule has 8 heteroatoms. The molecule has 4 aromatic rings. The Kier molecular flexibility index (Phi) is 6.51. The topological polar surface area (TPSA) is 111 Å². The van der Waals surface area contributed by atoms with Crippen LogP contribution in [-0.4, -0.2) is 45.3 Å². The second-order valence-corrected chi connectivity index (χ2v) is 7.60. The van der Waals surface area contributed by atoms with Gasteiger partial charge >= 0.3 is 0 Å². The minimum absolute atomic E-state index is 0.212. The summed E-state index contributed by atoms with van der Waals surface area (Å²) in [4.78, 5) is 24.8. The molecule has 0 spiro atoms. The molecule has 1 aromatic carbocycles. The number of nitrogens with one attached hydrogen (secondary N) is 4.